The van der Waals surface area contributed by atoms with E-state index in [1.54, 1.807) is 16.4 Å². The second kappa shape index (κ2) is 4.42. The van der Waals surface area contributed by atoms with Crippen LogP contribution in [-0.4, -0.2) is 32.2 Å². The van der Waals surface area contributed by atoms with Gasteiger partial charge in [-0.3, -0.25) is 0 Å². The van der Waals surface area contributed by atoms with E-state index in [1.165, 1.54) is 0 Å². The molecule has 1 atom stereocenters. The van der Waals surface area contributed by atoms with Gasteiger partial charge in [0, 0.05) is 5.75 Å². The van der Waals surface area contributed by atoms with Crippen molar-refractivity contribution in [2.75, 3.05) is 12.0 Å². The summed E-state index contributed by atoms with van der Waals surface area (Å²) in [5, 5.41) is 11.2. The number of tetrazole rings is 1. The first-order valence-electron chi connectivity index (χ1n) is 3.75. The summed E-state index contributed by atoms with van der Waals surface area (Å²) >= 11 is 1.77. The van der Waals surface area contributed by atoms with Gasteiger partial charge in [0.05, 0.1) is 12.6 Å². The Morgan fingerprint density at radius 3 is 3.00 bits per heavy atom. The van der Waals surface area contributed by atoms with E-state index in [0.717, 1.165) is 11.6 Å². The number of nitrogens with zero attached hydrogens (tertiary/aromatic N) is 4. The molecule has 12 heavy (non-hydrogen) atoms. The van der Waals surface area contributed by atoms with Crippen LogP contribution in [0.25, 0.3) is 0 Å². The van der Waals surface area contributed by atoms with Gasteiger partial charge in [-0.05, 0) is 23.6 Å². The Kier molecular flexibility index (Phi) is 3.48. The van der Waals surface area contributed by atoms with E-state index in [-0.39, 0.29) is 0 Å². The topological polar surface area (TPSA) is 69.6 Å². The van der Waals surface area contributed by atoms with E-state index in [9.17, 15) is 0 Å². The molecule has 0 amide bonds. The van der Waals surface area contributed by atoms with E-state index < -0.39 is 0 Å². The van der Waals surface area contributed by atoms with Gasteiger partial charge in [0.2, 0.25) is 0 Å². The molecule has 0 aliphatic rings. The number of hydrogen-bond donors (Lipinski definition) is 1. The van der Waals surface area contributed by atoms with Crippen LogP contribution in [0.2, 0.25) is 0 Å². The summed E-state index contributed by atoms with van der Waals surface area (Å²) in [6, 6.07) is 0.313. The molecule has 0 bridgehead atoms. The minimum atomic E-state index is 0.313. The van der Waals surface area contributed by atoms with Crippen LogP contribution in [0.4, 0.5) is 0 Å². The summed E-state index contributed by atoms with van der Waals surface area (Å²) in [4.78, 5) is 0. The monoisotopic (exact) mass is 187 g/mol. The minimum absolute atomic E-state index is 0.313. The maximum absolute atomic E-state index is 5.46. The first-order valence-corrected chi connectivity index (χ1v) is 5.14. The molecule has 1 rings (SSSR count). The van der Waals surface area contributed by atoms with Crippen LogP contribution in [0, 0.1) is 0 Å². The maximum atomic E-state index is 5.46. The largest absolute Gasteiger partial charge is 0.324 e. The van der Waals surface area contributed by atoms with Crippen molar-refractivity contribution in [1.82, 2.24) is 20.2 Å². The zero-order chi connectivity index (χ0) is 8.97. The summed E-state index contributed by atoms with van der Waals surface area (Å²) in [5.41, 5.74) is 5.46. The maximum Gasteiger partial charge on any atom is 0.165 e. The van der Waals surface area contributed by atoms with E-state index in [0.29, 0.717) is 12.6 Å². The standard InChI is InChI=1S/C6H13N5S/c1-5(4-12-2)11-6(3-7)8-9-10-11/h5H,3-4,7H2,1-2H3. The van der Waals surface area contributed by atoms with Gasteiger partial charge in [-0.15, -0.1) is 5.10 Å². The van der Waals surface area contributed by atoms with Crippen molar-refractivity contribution in [2.24, 2.45) is 5.73 Å². The Balaban J connectivity index is 2.71. The van der Waals surface area contributed by atoms with Crippen LogP contribution in [-0.2, 0) is 6.54 Å². The molecule has 2 N–H and O–H groups in total. The summed E-state index contributed by atoms with van der Waals surface area (Å²) in [6.07, 6.45) is 2.06. The van der Waals surface area contributed by atoms with Gasteiger partial charge in [0.25, 0.3) is 0 Å². The zero-order valence-electron chi connectivity index (χ0n) is 7.27. The third kappa shape index (κ3) is 1.95. The van der Waals surface area contributed by atoms with Gasteiger partial charge >= 0.3 is 0 Å². The van der Waals surface area contributed by atoms with Gasteiger partial charge in [-0.25, -0.2) is 4.68 Å². The molecule has 0 aromatic carbocycles. The van der Waals surface area contributed by atoms with Crippen molar-refractivity contribution in [2.45, 2.75) is 19.5 Å². The van der Waals surface area contributed by atoms with Crippen LogP contribution in [0.5, 0.6) is 0 Å². The van der Waals surface area contributed by atoms with Gasteiger partial charge in [-0.2, -0.15) is 11.8 Å². The van der Waals surface area contributed by atoms with Crippen LogP contribution >= 0.6 is 11.8 Å². The molecule has 0 aliphatic heterocycles. The third-order valence-corrected chi connectivity index (χ3v) is 2.38. The number of nitrogens with two attached hydrogens (primary N) is 1. The molecule has 0 aliphatic carbocycles. The molecule has 1 aromatic heterocycles. The Morgan fingerprint density at radius 1 is 1.67 bits per heavy atom. The minimum Gasteiger partial charge on any atom is -0.324 e. The molecule has 1 unspecified atom stereocenters. The molecular formula is C6H13N5S. The second-order valence-corrected chi connectivity index (χ2v) is 3.46. The lowest BCUT2D eigenvalue weighted by atomic mass is 10.4. The highest BCUT2D eigenvalue weighted by molar-refractivity contribution is 7.98. The fraction of sp³-hybridized carbons (Fsp3) is 0.833. The third-order valence-electron chi connectivity index (χ3n) is 1.57. The van der Waals surface area contributed by atoms with Crippen molar-refractivity contribution in [3.8, 4) is 0 Å². The smallest absolute Gasteiger partial charge is 0.165 e. The quantitative estimate of drug-likeness (QED) is 0.721. The van der Waals surface area contributed by atoms with Gasteiger partial charge in [0.15, 0.2) is 5.82 Å². The number of aromatic nitrogens is 4. The molecule has 0 spiro atoms. The molecule has 0 fully saturated rings. The summed E-state index contributed by atoms with van der Waals surface area (Å²) in [5.74, 6) is 1.74. The Labute approximate surface area is 75.7 Å². The fourth-order valence-electron chi connectivity index (χ4n) is 1.00. The van der Waals surface area contributed by atoms with Crippen LogP contribution in [0.3, 0.4) is 0 Å². The Morgan fingerprint density at radius 2 is 2.42 bits per heavy atom. The highest BCUT2D eigenvalue weighted by atomic mass is 32.2. The van der Waals surface area contributed by atoms with E-state index in [4.69, 9.17) is 5.73 Å². The van der Waals surface area contributed by atoms with Gasteiger partial charge < -0.3 is 5.73 Å². The predicted molar refractivity (Wildman–Crippen MR) is 48.8 cm³/mol. The average molecular weight is 187 g/mol. The van der Waals surface area contributed by atoms with Gasteiger partial charge in [0.1, 0.15) is 0 Å². The zero-order valence-corrected chi connectivity index (χ0v) is 8.08. The molecular weight excluding hydrogens is 174 g/mol. The van der Waals surface area contributed by atoms with Crippen molar-refractivity contribution in [3.05, 3.63) is 5.82 Å². The summed E-state index contributed by atoms with van der Waals surface area (Å²) < 4.78 is 1.77. The lowest BCUT2D eigenvalue weighted by molar-refractivity contribution is 0.501. The number of thioether (sulfide) groups is 1. The van der Waals surface area contributed by atoms with Crippen molar-refractivity contribution < 1.29 is 0 Å². The molecule has 0 radical (unpaired) electrons. The average Bonchev–Trinajstić information content (AvgIpc) is 2.51. The van der Waals surface area contributed by atoms with Crippen LogP contribution in [0.15, 0.2) is 0 Å². The van der Waals surface area contributed by atoms with Crippen molar-refractivity contribution >= 4 is 11.8 Å². The van der Waals surface area contributed by atoms with Crippen molar-refractivity contribution in [1.29, 1.82) is 0 Å². The van der Waals surface area contributed by atoms with E-state index in [1.807, 2.05) is 0 Å². The SMILES string of the molecule is CSCC(C)n1nnnc1CN. The predicted octanol–water partition coefficient (Wildman–Crippen LogP) is 0.0558. The van der Waals surface area contributed by atoms with Gasteiger partial charge in [-0.1, -0.05) is 0 Å². The second-order valence-electron chi connectivity index (χ2n) is 2.55. The lowest BCUT2D eigenvalue weighted by Gasteiger charge is -2.10. The summed E-state index contributed by atoms with van der Waals surface area (Å²) in [7, 11) is 0. The first-order chi connectivity index (χ1) is 5.79. The molecule has 68 valence electrons. The molecule has 1 aromatic rings. The fourth-order valence-corrected chi connectivity index (χ4v) is 1.62. The normalized spacial score (nSPS) is 13.2. The highest BCUT2D eigenvalue weighted by Crippen LogP contribution is 2.10. The Hall–Kier alpha value is -0.620. The van der Waals surface area contributed by atoms with E-state index >= 15 is 0 Å². The molecule has 0 saturated heterocycles. The Bertz CT molecular complexity index is 236. The molecule has 0 saturated carbocycles. The number of hydrogen-bond acceptors (Lipinski definition) is 5. The summed E-state index contributed by atoms with van der Waals surface area (Å²) in [6.45, 7) is 2.47. The van der Waals surface area contributed by atoms with Crippen LogP contribution < -0.4 is 5.73 Å². The lowest BCUT2D eigenvalue weighted by Crippen LogP contribution is -2.15. The number of rotatable bonds is 4. The molecule has 5 nitrogen and oxygen atoms in total. The van der Waals surface area contributed by atoms with Crippen LogP contribution in [0.1, 0.15) is 18.8 Å². The van der Waals surface area contributed by atoms with E-state index in [2.05, 4.69) is 28.7 Å². The van der Waals surface area contributed by atoms with Crippen molar-refractivity contribution in [3.63, 3.8) is 0 Å². The first kappa shape index (κ1) is 9.47. The molecule has 6 heteroatoms. The molecule has 1 heterocycles. The highest BCUT2D eigenvalue weighted by Gasteiger charge is 2.10.